The SMILES string of the molecule is CONC(=O)CCCOc1cc(OCCCC(=O)NOC)ncn1. The molecular weight excluding hydrogens is 320 g/mol. The van der Waals surface area contributed by atoms with Crippen molar-refractivity contribution in [2.75, 3.05) is 27.4 Å². The fourth-order valence-electron chi connectivity index (χ4n) is 1.63. The molecule has 0 aliphatic rings. The zero-order valence-electron chi connectivity index (χ0n) is 13.7. The molecule has 0 aliphatic heterocycles. The summed E-state index contributed by atoms with van der Waals surface area (Å²) in [5.41, 5.74) is 4.44. The number of hydrogen-bond acceptors (Lipinski definition) is 8. The summed E-state index contributed by atoms with van der Waals surface area (Å²) in [5, 5.41) is 0. The van der Waals surface area contributed by atoms with Gasteiger partial charge in [-0.25, -0.2) is 20.9 Å². The van der Waals surface area contributed by atoms with Crippen LogP contribution < -0.4 is 20.4 Å². The number of carbonyl (C=O) groups is 2. The predicted molar refractivity (Wildman–Crippen MR) is 81.8 cm³/mol. The Morgan fingerprint density at radius 3 is 1.79 bits per heavy atom. The molecule has 0 bridgehead atoms. The Balaban J connectivity index is 2.23. The lowest BCUT2D eigenvalue weighted by Gasteiger charge is -2.08. The van der Waals surface area contributed by atoms with Gasteiger partial charge in [0.15, 0.2) is 0 Å². The van der Waals surface area contributed by atoms with Gasteiger partial charge in [-0.15, -0.1) is 0 Å². The molecule has 2 amide bonds. The lowest BCUT2D eigenvalue weighted by atomic mass is 10.3. The van der Waals surface area contributed by atoms with E-state index in [1.54, 1.807) is 6.07 Å². The molecule has 2 N–H and O–H groups in total. The molecule has 10 nitrogen and oxygen atoms in total. The van der Waals surface area contributed by atoms with Gasteiger partial charge in [-0.1, -0.05) is 0 Å². The highest BCUT2D eigenvalue weighted by atomic mass is 16.6. The van der Waals surface area contributed by atoms with Crippen LogP contribution in [-0.4, -0.2) is 49.2 Å². The first-order valence-corrected chi connectivity index (χ1v) is 7.37. The van der Waals surface area contributed by atoms with E-state index in [0.29, 0.717) is 37.8 Å². The number of amides is 2. The highest BCUT2D eigenvalue weighted by Gasteiger charge is 2.04. The zero-order valence-corrected chi connectivity index (χ0v) is 13.7. The Kier molecular flexibility index (Phi) is 9.81. The molecule has 0 radical (unpaired) electrons. The second-order valence-electron chi connectivity index (χ2n) is 4.56. The number of ether oxygens (including phenoxy) is 2. The van der Waals surface area contributed by atoms with E-state index < -0.39 is 0 Å². The number of aromatic nitrogens is 2. The van der Waals surface area contributed by atoms with Crippen molar-refractivity contribution in [2.24, 2.45) is 0 Å². The number of carbonyl (C=O) groups excluding carboxylic acids is 2. The van der Waals surface area contributed by atoms with E-state index in [9.17, 15) is 9.59 Å². The summed E-state index contributed by atoms with van der Waals surface area (Å²) < 4.78 is 10.8. The summed E-state index contributed by atoms with van der Waals surface area (Å²) in [5.74, 6) is 0.268. The van der Waals surface area contributed by atoms with Crippen molar-refractivity contribution in [1.29, 1.82) is 0 Å². The molecule has 24 heavy (non-hydrogen) atoms. The molecule has 134 valence electrons. The van der Waals surface area contributed by atoms with E-state index in [-0.39, 0.29) is 24.7 Å². The minimum atomic E-state index is -0.217. The molecule has 1 rings (SSSR count). The molecule has 0 spiro atoms. The molecule has 10 heteroatoms. The Hall–Kier alpha value is -2.46. The highest BCUT2D eigenvalue weighted by molar-refractivity contribution is 5.74. The highest BCUT2D eigenvalue weighted by Crippen LogP contribution is 2.13. The third-order valence-electron chi connectivity index (χ3n) is 2.64. The lowest BCUT2D eigenvalue weighted by molar-refractivity contribution is -0.132. The minimum absolute atomic E-state index is 0.217. The van der Waals surface area contributed by atoms with Crippen molar-refractivity contribution in [1.82, 2.24) is 20.9 Å². The Morgan fingerprint density at radius 1 is 0.917 bits per heavy atom. The van der Waals surface area contributed by atoms with E-state index in [1.165, 1.54) is 20.5 Å². The predicted octanol–water partition coefficient (Wildman–Crippen LogP) is 0.150. The molecular formula is C14H22N4O6. The van der Waals surface area contributed by atoms with E-state index in [4.69, 9.17) is 9.47 Å². The van der Waals surface area contributed by atoms with Crippen LogP contribution in [0.25, 0.3) is 0 Å². The largest absolute Gasteiger partial charge is 0.477 e. The van der Waals surface area contributed by atoms with Crippen LogP contribution in [0.3, 0.4) is 0 Å². The first kappa shape index (κ1) is 19.6. The summed E-state index contributed by atoms with van der Waals surface area (Å²) in [6.45, 7) is 0.648. The van der Waals surface area contributed by atoms with Gasteiger partial charge in [-0.05, 0) is 12.8 Å². The smallest absolute Gasteiger partial charge is 0.243 e. The van der Waals surface area contributed by atoms with Crippen LogP contribution in [0, 0.1) is 0 Å². The van der Waals surface area contributed by atoms with Gasteiger partial charge in [-0.2, -0.15) is 0 Å². The molecule has 0 atom stereocenters. The van der Waals surface area contributed by atoms with Gasteiger partial charge in [0.05, 0.1) is 33.5 Å². The number of hydrogen-bond donors (Lipinski definition) is 2. The Bertz CT molecular complexity index is 473. The molecule has 0 saturated heterocycles. The first-order chi connectivity index (χ1) is 11.7. The van der Waals surface area contributed by atoms with Crippen molar-refractivity contribution in [3.63, 3.8) is 0 Å². The van der Waals surface area contributed by atoms with E-state index in [2.05, 4.69) is 30.6 Å². The number of nitrogens with one attached hydrogen (secondary N) is 2. The molecule has 1 aromatic rings. The molecule has 1 heterocycles. The maximum Gasteiger partial charge on any atom is 0.243 e. The van der Waals surface area contributed by atoms with Crippen LogP contribution >= 0.6 is 0 Å². The fourth-order valence-corrected chi connectivity index (χ4v) is 1.63. The maximum absolute atomic E-state index is 11.2. The normalized spacial score (nSPS) is 10.1. The van der Waals surface area contributed by atoms with Crippen LogP contribution in [0.15, 0.2) is 12.4 Å². The third kappa shape index (κ3) is 8.86. The summed E-state index contributed by atoms with van der Waals surface area (Å²) >= 11 is 0. The number of rotatable bonds is 12. The first-order valence-electron chi connectivity index (χ1n) is 7.37. The van der Waals surface area contributed by atoms with Crippen LogP contribution in [0.2, 0.25) is 0 Å². The Morgan fingerprint density at radius 2 is 1.38 bits per heavy atom. The molecule has 0 unspecified atom stereocenters. The van der Waals surface area contributed by atoms with Gasteiger partial charge in [0.1, 0.15) is 6.33 Å². The van der Waals surface area contributed by atoms with Crippen LogP contribution in [0.5, 0.6) is 11.8 Å². The lowest BCUT2D eigenvalue weighted by Crippen LogP contribution is -2.22. The average Bonchev–Trinajstić information content (AvgIpc) is 2.57. The maximum atomic E-state index is 11.2. The van der Waals surface area contributed by atoms with Crippen LogP contribution in [0.4, 0.5) is 0 Å². The molecule has 0 fully saturated rings. The summed E-state index contributed by atoms with van der Waals surface area (Å²) in [4.78, 5) is 39.2. The monoisotopic (exact) mass is 342 g/mol. The van der Waals surface area contributed by atoms with Crippen molar-refractivity contribution in [3.05, 3.63) is 12.4 Å². The van der Waals surface area contributed by atoms with Crippen LogP contribution in [-0.2, 0) is 19.3 Å². The van der Waals surface area contributed by atoms with Crippen molar-refractivity contribution >= 4 is 11.8 Å². The van der Waals surface area contributed by atoms with E-state index in [1.807, 2.05) is 0 Å². The van der Waals surface area contributed by atoms with E-state index >= 15 is 0 Å². The van der Waals surface area contributed by atoms with Crippen molar-refractivity contribution < 1.29 is 28.7 Å². The van der Waals surface area contributed by atoms with Gasteiger partial charge >= 0.3 is 0 Å². The molecule has 0 saturated carbocycles. The molecule has 0 aliphatic carbocycles. The second-order valence-corrected chi connectivity index (χ2v) is 4.56. The van der Waals surface area contributed by atoms with Crippen molar-refractivity contribution in [2.45, 2.75) is 25.7 Å². The van der Waals surface area contributed by atoms with E-state index in [0.717, 1.165) is 0 Å². The fraction of sp³-hybridized carbons (Fsp3) is 0.571. The number of hydroxylamine groups is 2. The third-order valence-corrected chi connectivity index (χ3v) is 2.64. The molecule has 1 aromatic heterocycles. The van der Waals surface area contributed by atoms with Crippen LogP contribution in [0.1, 0.15) is 25.7 Å². The summed E-state index contributed by atoms with van der Waals surface area (Å²) in [6.07, 6.45) is 2.92. The second kappa shape index (κ2) is 12.0. The Labute approximate surface area is 139 Å². The zero-order chi connectivity index (χ0) is 17.6. The van der Waals surface area contributed by atoms with Gasteiger partial charge in [0.25, 0.3) is 0 Å². The number of nitrogens with zero attached hydrogens (tertiary/aromatic N) is 2. The van der Waals surface area contributed by atoms with Gasteiger partial charge in [0.2, 0.25) is 23.6 Å². The standard InChI is InChI=1S/C14H22N4O6/c1-21-17-11(19)5-3-7-23-13-9-14(16-10-15-13)24-8-4-6-12(20)18-22-2/h9-10H,3-8H2,1-2H3,(H,17,19)(H,18,20). The quantitative estimate of drug-likeness (QED) is 0.407. The van der Waals surface area contributed by atoms with Crippen molar-refractivity contribution in [3.8, 4) is 11.8 Å². The average molecular weight is 342 g/mol. The topological polar surface area (TPSA) is 121 Å². The molecule has 0 aromatic carbocycles. The van der Waals surface area contributed by atoms with Gasteiger partial charge < -0.3 is 9.47 Å². The van der Waals surface area contributed by atoms with Gasteiger partial charge in [-0.3, -0.25) is 19.3 Å². The summed E-state index contributed by atoms with van der Waals surface area (Å²) in [6, 6.07) is 1.55. The summed E-state index contributed by atoms with van der Waals surface area (Å²) in [7, 11) is 2.75. The minimum Gasteiger partial charge on any atom is -0.477 e. The van der Waals surface area contributed by atoms with Gasteiger partial charge in [0, 0.05) is 12.8 Å².